The van der Waals surface area contributed by atoms with Crippen LogP contribution in [0.2, 0.25) is 0 Å². The summed E-state index contributed by atoms with van der Waals surface area (Å²) in [6, 6.07) is 6.03. The van der Waals surface area contributed by atoms with Crippen molar-refractivity contribution in [3.63, 3.8) is 0 Å². The van der Waals surface area contributed by atoms with Crippen molar-refractivity contribution >= 4 is 17.4 Å². The number of hydrogen-bond acceptors (Lipinski definition) is 8. The number of allylic oxidation sites excluding steroid dienone is 1. The molecule has 2 heterocycles. The van der Waals surface area contributed by atoms with Gasteiger partial charge in [0.25, 0.3) is 5.69 Å². The molecule has 27 heavy (non-hydrogen) atoms. The molecule has 0 aliphatic heterocycles. The second-order valence-electron chi connectivity index (χ2n) is 6.12. The van der Waals surface area contributed by atoms with Gasteiger partial charge in [0.2, 0.25) is 11.7 Å². The van der Waals surface area contributed by atoms with E-state index in [9.17, 15) is 10.1 Å². The van der Waals surface area contributed by atoms with E-state index in [2.05, 4.69) is 31.5 Å². The third kappa shape index (κ3) is 3.75. The minimum atomic E-state index is -0.447. The maximum absolute atomic E-state index is 10.7. The number of thioether (sulfide) groups is 1. The molecule has 1 aromatic carbocycles. The molecule has 0 N–H and O–H groups in total. The number of non-ortho nitro benzene ring substituents is 1. The van der Waals surface area contributed by atoms with Crippen LogP contribution in [-0.2, 0) is 12.3 Å². The van der Waals surface area contributed by atoms with Crippen LogP contribution in [0.4, 0.5) is 5.69 Å². The summed E-state index contributed by atoms with van der Waals surface area (Å²) in [5.74, 6) is 2.82. The normalized spacial score (nSPS) is 13.6. The monoisotopic (exact) mass is 384 g/mol. The van der Waals surface area contributed by atoms with Gasteiger partial charge in [-0.05, 0) is 25.0 Å². The average Bonchev–Trinajstić information content (AvgIpc) is 3.27. The summed E-state index contributed by atoms with van der Waals surface area (Å²) in [7, 11) is 0. The smallest absolute Gasteiger partial charge is 0.269 e. The molecule has 0 saturated heterocycles. The van der Waals surface area contributed by atoms with Gasteiger partial charge >= 0.3 is 0 Å². The topological polar surface area (TPSA) is 113 Å². The quantitative estimate of drug-likeness (QED) is 0.251. The Labute approximate surface area is 158 Å². The van der Waals surface area contributed by atoms with Crippen LogP contribution in [0.5, 0.6) is 0 Å². The summed E-state index contributed by atoms with van der Waals surface area (Å²) in [6.45, 7) is 4.47. The van der Waals surface area contributed by atoms with Gasteiger partial charge < -0.3 is 9.09 Å². The number of aromatic nitrogens is 5. The van der Waals surface area contributed by atoms with E-state index in [1.54, 1.807) is 12.1 Å². The number of hydrogen-bond donors (Lipinski definition) is 0. The molecule has 10 heteroatoms. The molecule has 1 fully saturated rings. The molecule has 0 spiro atoms. The van der Waals surface area contributed by atoms with Crippen LogP contribution < -0.4 is 0 Å². The largest absolute Gasteiger partial charge is 0.338 e. The molecule has 0 amide bonds. The Morgan fingerprint density at radius 3 is 2.78 bits per heavy atom. The Morgan fingerprint density at radius 2 is 2.11 bits per heavy atom. The van der Waals surface area contributed by atoms with Crippen molar-refractivity contribution in [3.8, 4) is 11.4 Å². The fourth-order valence-corrected chi connectivity index (χ4v) is 3.43. The second-order valence-corrected chi connectivity index (χ2v) is 7.06. The summed E-state index contributed by atoms with van der Waals surface area (Å²) in [5.41, 5.74) is 0.678. The molecule has 1 saturated carbocycles. The van der Waals surface area contributed by atoms with Gasteiger partial charge in [0.05, 0.1) is 10.7 Å². The third-order valence-electron chi connectivity index (χ3n) is 4.13. The van der Waals surface area contributed by atoms with E-state index in [1.807, 2.05) is 6.08 Å². The zero-order valence-corrected chi connectivity index (χ0v) is 15.1. The van der Waals surface area contributed by atoms with E-state index in [1.165, 1.54) is 23.9 Å². The Balaban J connectivity index is 1.45. The fraction of sp³-hybridized carbons (Fsp3) is 0.294. The lowest BCUT2D eigenvalue weighted by Gasteiger charge is -2.05. The van der Waals surface area contributed by atoms with Crippen LogP contribution >= 0.6 is 11.8 Å². The maximum Gasteiger partial charge on any atom is 0.269 e. The molecular formula is C17H16N6O3S. The lowest BCUT2D eigenvalue weighted by Crippen LogP contribution is -2.02. The molecule has 138 valence electrons. The van der Waals surface area contributed by atoms with E-state index >= 15 is 0 Å². The standard InChI is InChI=1S/C17H16N6O3S/c1-2-9-22-16(12-3-4-12)19-20-17(22)27-10-14-18-15(21-26-14)11-5-7-13(8-6-11)23(24)25/h2,5-8,12H,1,3-4,9-10H2. The van der Waals surface area contributed by atoms with Gasteiger partial charge in [-0.25, -0.2) is 0 Å². The van der Waals surface area contributed by atoms with E-state index in [4.69, 9.17) is 4.52 Å². The van der Waals surface area contributed by atoms with Crippen molar-refractivity contribution in [2.75, 3.05) is 0 Å². The Kier molecular flexibility index (Phi) is 4.71. The molecule has 2 aromatic heterocycles. The summed E-state index contributed by atoms with van der Waals surface area (Å²) < 4.78 is 7.36. The van der Waals surface area contributed by atoms with Gasteiger partial charge in [-0.15, -0.1) is 16.8 Å². The number of benzene rings is 1. The fourth-order valence-electron chi connectivity index (χ4n) is 2.64. The predicted molar refractivity (Wildman–Crippen MR) is 98.1 cm³/mol. The molecular weight excluding hydrogens is 368 g/mol. The number of nitro groups is 1. The average molecular weight is 384 g/mol. The number of nitrogens with zero attached hydrogens (tertiary/aromatic N) is 6. The maximum atomic E-state index is 10.7. The molecule has 4 rings (SSSR count). The summed E-state index contributed by atoms with van der Waals surface area (Å²) in [4.78, 5) is 14.6. The van der Waals surface area contributed by atoms with Crippen LogP contribution in [0.15, 0.2) is 46.6 Å². The first-order chi connectivity index (χ1) is 13.2. The first kappa shape index (κ1) is 17.4. The van der Waals surface area contributed by atoms with E-state index in [-0.39, 0.29) is 5.69 Å². The molecule has 3 aromatic rings. The van der Waals surface area contributed by atoms with Gasteiger partial charge in [-0.3, -0.25) is 10.1 Å². The number of rotatable bonds is 8. The highest BCUT2D eigenvalue weighted by molar-refractivity contribution is 7.98. The van der Waals surface area contributed by atoms with E-state index in [0.717, 1.165) is 23.8 Å². The summed E-state index contributed by atoms with van der Waals surface area (Å²) in [6.07, 6.45) is 4.14. The zero-order valence-electron chi connectivity index (χ0n) is 14.3. The van der Waals surface area contributed by atoms with Crippen molar-refractivity contribution in [3.05, 3.63) is 58.7 Å². The lowest BCUT2D eigenvalue weighted by molar-refractivity contribution is -0.384. The molecule has 0 atom stereocenters. The first-order valence-corrected chi connectivity index (χ1v) is 9.38. The van der Waals surface area contributed by atoms with Gasteiger partial charge in [0.15, 0.2) is 5.16 Å². The molecule has 0 bridgehead atoms. The van der Waals surface area contributed by atoms with E-state index in [0.29, 0.717) is 35.5 Å². The Morgan fingerprint density at radius 1 is 1.33 bits per heavy atom. The molecule has 1 aliphatic rings. The predicted octanol–water partition coefficient (Wildman–Crippen LogP) is 3.59. The van der Waals surface area contributed by atoms with Crippen LogP contribution in [0.3, 0.4) is 0 Å². The highest BCUT2D eigenvalue weighted by atomic mass is 32.2. The number of nitro benzene ring substituents is 1. The van der Waals surface area contributed by atoms with Crippen LogP contribution in [-0.4, -0.2) is 29.8 Å². The zero-order chi connectivity index (χ0) is 18.8. The van der Waals surface area contributed by atoms with E-state index < -0.39 is 4.92 Å². The van der Waals surface area contributed by atoms with Crippen molar-refractivity contribution in [1.82, 2.24) is 24.9 Å². The van der Waals surface area contributed by atoms with Gasteiger partial charge in [-0.2, -0.15) is 4.98 Å². The molecule has 9 nitrogen and oxygen atoms in total. The first-order valence-electron chi connectivity index (χ1n) is 8.40. The minimum absolute atomic E-state index is 0.0195. The van der Waals surface area contributed by atoms with Crippen molar-refractivity contribution < 1.29 is 9.45 Å². The van der Waals surface area contributed by atoms with Gasteiger partial charge in [-0.1, -0.05) is 23.0 Å². The molecule has 0 unspecified atom stereocenters. The van der Waals surface area contributed by atoms with Crippen molar-refractivity contribution in [2.24, 2.45) is 0 Å². The molecule has 0 radical (unpaired) electrons. The lowest BCUT2D eigenvalue weighted by atomic mass is 10.2. The second kappa shape index (κ2) is 7.31. The van der Waals surface area contributed by atoms with Crippen LogP contribution in [0.1, 0.15) is 30.5 Å². The Bertz CT molecular complexity index is 977. The third-order valence-corrected chi connectivity index (χ3v) is 5.08. The van der Waals surface area contributed by atoms with Gasteiger partial charge in [0.1, 0.15) is 5.82 Å². The van der Waals surface area contributed by atoms with Gasteiger partial charge in [0, 0.05) is 30.2 Å². The molecule has 1 aliphatic carbocycles. The SMILES string of the molecule is C=CCn1c(SCc2nc(-c3ccc([N+](=O)[O-])cc3)no2)nnc1C1CC1. The Hall–Kier alpha value is -3.01. The van der Waals surface area contributed by atoms with Crippen molar-refractivity contribution in [1.29, 1.82) is 0 Å². The summed E-state index contributed by atoms with van der Waals surface area (Å²) >= 11 is 1.48. The minimum Gasteiger partial charge on any atom is -0.338 e. The van der Waals surface area contributed by atoms with Crippen molar-refractivity contribution in [2.45, 2.75) is 36.2 Å². The highest BCUT2D eigenvalue weighted by Crippen LogP contribution is 2.40. The highest BCUT2D eigenvalue weighted by Gasteiger charge is 2.30. The summed E-state index contributed by atoms with van der Waals surface area (Å²) in [5, 5.41) is 24.1. The van der Waals surface area contributed by atoms with Crippen LogP contribution in [0, 0.1) is 10.1 Å². The van der Waals surface area contributed by atoms with Crippen LogP contribution in [0.25, 0.3) is 11.4 Å².